The molecule has 26 heavy (non-hydrogen) atoms. The molecule has 0 amide bonds. The van der Waals surface area contributed by atoms with Crippen molar-refractivity contribution < 1.29 is 17.9 Å². The Morgan fingerprint density at radius 1 is 1.08 bits per heavy atom. The second-order valence-corrected chi connectivity index (χ2v) is 7.32. The molecule has 1 heterocycles. The summed E-state index contributed by atoms with van der Waals surface area (Å²) >= 11 is 0. The van der Waals surface area contributed by atoms with Crippen LogP contribution in [-0.4, -0.2) is 25.6 Å². The maximum absolute atomic E-state index is 12.0. The highest BCUT2D eigenvalue weighted by Gasteiger charge is 2.05. The quantitative estimate of drug-likeness (QED) is 0.425. The highest BCUT2D eigenvalue weighted by Crippen LogP contribution is 2.19. The Balaban J connectivity index is 1.69. The first kappa shape index (κ1) is 17.6. The van der Waals surface area contributed by atoms with E-state index in [0.717, 1.165) is 22.7 Å². The molecule has 0 spiro atoms. The number of ether oxygens (including phenoxy) is 1. The van der Waals surface area contributed by atoms with E-state index in [0.29, 0.717) is 11.4 Å². The number of nitrogens with one attached hydrogen (secondary N) is 1. The summed E-state index contributed by atoms with van der Waals surface area (Å²) < 4.78 is 29.9. The first-order chi connectivity index (χ1) is 12.4. The number of carbonyl (C=O) groups is 1. The number of benzene rings is 2. The van der Waals surface area contributed by atoms with Gasteiger partial charge in [0, 0.05) is 28.9 Å². The third kappa shape index (κ3) is 4.67. The number of nitrogens with zero attached hydrogens (tertiary/aromatic N) is 1. The summed E-state index contributed by atoms with van der Waals surface area (Å²) in [5, 5.41) is 0.983. The van der Waals surface area contributed by atoms with Gasteiger partial charge in [-0.05, 0) is 36.4 Å². The second-order valence-electron chi connectivity index (χ2n) is 5.58. The van der Waals surface area contributed by atoms with Gasteiger partial charge in [-0.1, -0.05) is 24.3 Å². The number of sulfonamides is 1. The number of hydrogen-bond donors (Lipinski definition) is 1. The summed E-state index contributed by atoms with van der Waals surface area (Å²) in [6, 6.07) is 15.6. The van der Waals surface area contributed by atoms with Gasteiger partial charge >= 0.3 is 5.97 Å². The van der Waals surface area contributed by atoms with Crippen LogP contribution in [0.3, 0.4) is 0 Å². The summed E-state index contributed by atoms with van der Waals surface area (Å²) in [4.78, 5) is 16.3. The molecule has 6 nitrogen and oxygen atoms in total. The van der Waals surface area contributed by atoms with E-state index in [1.807, 2.05) is 30.3 Å². The van der Waals surface area contributed by atoms with Crippen molar-refractivity contribution >= 4 is 38.7 Å². The van der Waals surface area contributed by atoms with Crippen LogP contribution in [0, 0.1) is 0 Å². The summed E-state index contributed by atoms with van der Waals surface area (Å²) in [6.07, 6.45) is 5.74. The average Bonchev–Trinajstić information content (AvgIpc) is 2.60. The molecule has 0 atom stereocenters. The Labute approximate surface area is 151 Å². The van der Waals surface area contributed by atoms with Crippen molar-refractivity contribution in [1.29, 1.82) is 0 Å². The Morgan fingerprint density at radius 2 is 1.81 bits per heavy atom. The fraction of sp³-hybridized carbons (Fsp3) is 0.0526. The number of pyridine rings is 1. The van der Waals surface area contributed by atoms with Crippen LogP contribution >= 0.6 is 0 Å². The zero-order valence-electron chi connectivity index (χ0n) is 13.9. The van der Waals surface area contributed by atoms with Gasteiger partial charge in [-0.3, -0.25) is 9.71 Å². The molecular weight excluding hydrogens is 352 g/mol. The first-order valence-electron chi connectivity index (χ1n) is 7.72. The van der Waals surface area contributed by atoms with Gasteiger partial charge < -0.3 is 4.74 Å². The molecule has 0 unspecified atom stereocenters. The largest absolute Gasteiger partial charge is 0.423 e. The van der Waals surface area contributed by atoms with Crippen molar-refractivity contribution in [3.05, 3.63) is 72.4 Å². The van der Waals surface area contributed by atoms with Gasteiger partial charge in [0.05, 0.1) is 11.8 Å². The van der Waals surface area contributed by atoms with Crippen molar-refractivity contribution in [3.8, 4) is 5.75 Å². The van der Waals surface area contributed by atoms with Gasteiger partial charge in [-0.2, -0.15) is 0 Å². The minimum Gasteiger partial charge on any atom is -0.423 e. The standard InChI is InChI=1S/C19H16N2O4S/c1-26(23,24)21-16-8-10-17(11-9-16)25-18(22)12-7-15-5-2-4-14-6-3-13-20-19(14)15/h2-13,21H,1H3/b12-7+. The van der Waals surface area contributed by atoms with Gasteiger partial charge in [0.2, 0.25) is 10.0 Å². The number of aromatic nitrogens is 1. The lowest BCUT2D eigenvalue weighted by atomic mass is 10.1. The molecule has 3 rings (SSSR count). The third-order valence-corrected chi connectivity index (χ3v) is 4.05. The molecule has 0 aliphatic carbocycles. The minimum atomic E-state index is -3.35. The molecule has 7 heteroatoms. The normalized spacial score (nSPS) is 11.6. The van der Waals surface area contributed by atoms with Crippen LogP contribution in [0.15, 0.2) is 66.9 Å². The SMILES string of the molecule is CS(=O)(=O)Nc1ccc(OC(=O)/C=C/c2cccc3cccnc23)cc1. The van der Waals surface area contributed by atoms with Crippen LogP contribution in [0.1, 0.15) is 5.56 Å². The number of rotatable bonds is 5. The van der Waals surface area contributed by atoms with Gasteiger partial charge in [-0.15, -0.1) is 0 Å². The van der Waals surface area contributed by atoms with Crippen LogP contribution in [0.5, 0.6) is 5.75 Å². The number of carbonyl (C=O) groups excluding carboxylic acids is 1. The van der Waals surface area contributed by atoms with E-state index in [1.54, 1.807) is 12.3 Å². The molecule has 0 aliphatic rings. The molecule has 0 radical (unpaired) electrons. The van der Waals surface area contributed by atoms with E-state index in [4.69, 9.17) is 4.74 Å². The topological polar surface area (TPSA) is 85.4 Å². The molecule has 0 fully saturated rings. The number of fused-ring (bicyclic) bond motifs is 1. The maximum Gasteiger partial charge on any atom is 0.336 e. The van der Waals surface area contributed by atoms with Crippen molar-refractivity contribution in [1.82, 2.24) is 4.98 Å². The molecule has 132 valence electrons. The van der Waals surface area contributed by atoms with E-state index >= 15 is 0 Å². The van der Waals surface area contributed by atoms with E-state index in [1.165, 1.54) is 30.3 Å². The van der Waals surface area contributed by atoms with Crippen LogP contribution in [0.2, 0.25) is 0 Å². The summed E-state index contributed by atoms with van der Waals surface area (Å²) in [7, 11) is -3.35. The van der Waals surface area contributed by atoms with Crippen LogP contribution in [0.4, 0.5) is 5.69 Å². The van der Waals surface area contributed by atoms with Crippen LogP contribution in [-0.2, 0) is 14.8 Å². The number of esters is 1. The van der Waals surface area contributed by atoms with E-state index < -0.39 is 16.0 Å². The Bertz CT molecular complexity index is 1070. The molecular formula is C19H16N2O4S. The number of hydrogen-bond acceptors (Lipinski definition) is 5. The molecule has 0 saturated heterocycles. The first-order valence-corrected chi connectivity index (χ1v) is 9.61. The van der Waals surface area contributed by atoms with Crippen LogP contribution in [0.25, 0.3) is 17.0 Å². The molecule has 1 aromatic heterocycles. The molecule has 0 bridgehead atoms. The fourth-order valence-corrected chi connectivity index (χ4v) is 2.94. The van der Waals surface area contributed by atoms with E-state index in [-0.39, 0.29) is 0 Å². The lowest BCUT2D eigenvalue weighted by Crippen LogP contribution is -2.09. The van der Waals surface area contributed by atoms with Crippen molar-refractivity contribution in [3.63, 3.8) is 0 Å². The Kier molecular flexibility index (Phi) is 4.99. The molecule has 0 saturated carbocycles. The summed E-state index contributed by atoms with van der Waals surface area (Å²) in [5.41, 5.74) is 2.01. The molecule has 3 aromatic rings. The van der Waals surface area contributed by atoms with Gasteiger partial charge in [0.15, 0.2) is 0 Å². The van der Waals surface area contributed by atoms with Gasteiger partial charge in [0.1, 0.15) is 5.75 Å². The number of para-hydroxylation sites is 1. The molecule has 2 aromatic carbocycles. The van der Waals surface area contributed by atoms with Crippen molar-refractivity contribution in [2.24, 2.45) is 0 Å². The number of anilines is 1. The zero-order valence-corrected chi connectivity index (χ0v) is 14.7. The fourth-order valence-electron chi connectivity index (χ4n) is 2.38. The lowest BCUT2D eigenvalue weighted by Gasteiger charge is -2.05. The maximum atomic E-state index is 12.0. The molecule has 0 aliphatic heterocycles. The zero-order chi connectivity index (χ0) is 18.6. The second kappa shape index (κ2) is 7.37. The predicted octanol–water partition coefficient (Wildman–Crippen LogP) is 3.23. The minimum absolute atomic E-state index is 0.315. The van der Waals surface area contributed by atoms with Crippen molar-refractivity contribution in [2.45, 2.75) is 0 Å². The van der Waals surface area contributed by atoms with Crippen LogP contribution < -0.4 is 9.46 Å². The smallest absolute Gasteiger partial charge is 0.336 e. The summed E-state index contributed by atoms with van der Waals surface area (Å²) in [5.74, 6) is -0.225. The van der Waals surface area contributed by atoms with Gasteiger partial charge in [-0.25, -0.2) is 13.2 Å². The van der Waals surface area contributed by atoms with Crippen molar-refractivity contribution in [2.75, 3.05) is 11.0 Å². The van der Waals surface area contributed by atoms with E-state index in [2.05, 4.69) is 9.71 Å². The third-order valence-electron chi connectivity index (χ3n) is 3.44. The highest BCUT2D eigenvalue weighted by atomic mass is 32.2. The monoisotopic (exact) mass is 368 g/mol. The van der Waals surface area contributed by atoms with E-state index in [9.17, 15) is 13.2 Å². The lowest BCUT2D eigenvalue weighted by molar-refractivity contribution is -0.128. The highest BCUT2D eigenvalue weighted by molar-refractivity contribution is 7.92. The predicted molar refractivity (Wildman–Crippen MR) is 101 cm³/mol. The Morgan fingerprint density at radius 3 is 2.54 bits per heavy atom. The average molecular weight is 368 g/mol. The van der Waals surface area contributed by atoms with Gasteiger partial charge in [0.25, 0.3) is 0 Å². The summed E-state index contributed by atoms with van der Waals surface area (Å²) in [6.45, 7) is 0. The Hall–Kier alpha value is -3.19. The molecule has 1 N–H and O–H groups in total.